The zero-order valence-electron chi connectivity index (χ0n) is 12.8. The SMILES string of the molecule is CCC12COC(=O)N1CCN(CCc1cccc(C)n1)C2. The van der Waals surface area contributed by atoms with Crippen LogP contribution >= 0.6 is 0 Å². The zero-order valence-corrected chi connectivity index (χ0v) is 12.8. The molecule has 0 saturated carbocycles. The first-order valence-electron chi connectivity index (χ1n) is 7.72. The standard InChI is InChI=1S/C16H23N3O2/c1-3-16-11-18(9-10-19(16)15(20)21-12-16)8-7-14-6-4-5-13(2)17-14/h4-6H,3,7-12H2,1-2H3. The highest BCUT2D eigenvalue weighted by Gasteiger charge is 2.49. The van der Waals surface area contributed by atoms with Crippen molar-refractivity contribution in [3.05, 3.63) is 29.6 Å². The van der Waals surface area contributed by atoms with Crippen LogP contribution in [0, 0.1) is 6.92 Å². The molecule has 0 N–H and O–H groups in total. The van der Waals surface area contributed by atoms with Crippen molar-refractivity contribution in [3.8, 4) is 0 Å². The van der Waals surface area contributed by atoms with E-state index in [1.54, 1.807) is 0 Å². The molecule has 1 aromatic heterocycles. The van der Waals surface area contributed by atoms with Crippen LogP contribution in [-0.4, -0.2) is 59.2 Å². The van der Waals surface area contributed by atoms with Gasteiger partial charge in [0.2, 0.25) is 0 Å². The van der Waals surface area contributed by atoms with Crippen molar-refractivity contribution < 1.29 is 9.53 Å². The van der Waals surface area contributed by atoms with Gasteiger partial charge in [-0.05, 0) is 25.5 Å². The van der Waals surface area contributed by atoms with E-state index in [1.165, 1.54) is 0 Å². The summed E-state index contributed by atoms with van der Waals surface area (Å²) in [6, 6.07) is 6.17. The number of piperazine rings is 1. The summed E-state index contributed by atoms with van der Waals surface area (Å²) in [6.07, 6.45) is 1.76. The normalized spacial score (nSPS) is 25.8. The molecule has 0 spiro atoms. The molecule has 1 amide bonds. The first kappa shape index (κ1) is 14.3. The number of amides is 1. The number of fused-ring (bicyclic) bond motifs is 1. The van der Waals surface area contributed by atoms with Crippen LogP contribution in [-0.2, 0) is 11.2 Å². The Balaban J connectivity index is 1.62. The van der Waals surface area contributed by atoms with E-state index in [1.807, 2.05) is 17.9 Å². The largest absolute Gasteiger partial charge is 0.447 e. The minimum Gasteiger partial charge on any atom is -0.447 e. The highest BCUT2D eigenvalue weighted by molar-refractivity contribution is 5.71. The van der Waals surface area contributed by atoms with E-state index in [2.05, 4.69) is 28.9 Å². The Kier molecular flexibility index (Phi) is 3.85. The van der Waals surface area contributed by atoms with Crippen LogP contribution in [0.4, 0.5) is 4.79 Å². The number of nitrogens with zero attached hydrogens (tertiary/aromatic N) is 3. The number of hydrogen-bond acceptors (Lipinski definition) is 4. The summed E-state index contributed by atoms with van der Waals surface area (Å²) in [5.41, 5.74) is 2.09. The van der Waals surface area contributed by atoms with E-state index in [-0.39, 0.29) is 11.6 Å². The zero-order chi connectivity index (χ0) is 14.9. The summed E-state index contributed by atoms with van der Waals surface area (Å²) in [7, 11) is 0. The summed E-state index contributed by atoms with van der Waals surface area (Å²) in [5.74, 6) is 0. The number of carbonyl (C=O) groups is 1. The van der Waals surface area contributed by atoms with E-state index in [9.17, 15) is 4.79 Å². The summed E-state index contributed by atoms with van der Waals surface area (Å²) >= 11 is 0. The number of aryl methyl sites for hydroxylation is 1. The number of aromatic nitrogens is 1. The van der Waals surface area contributed by atoms with Crippen molar-refractivity contribution in [2.24, 2.45) is 0 Å². The fraction of sp³-hybridized carbons (Fsp3) is 0.625. The van der Waals surface area contributed by atoms with Gasteiger partial charge in [0.1, 0.15) is 6.61 Å². The third-order valence-electron chi connectivity index (χ3n) is 4.70. The lowest BCUT2D eigenvalue weighted by molar-refractivity contribution is 0.0496. The van der Waals surface area contributed by atoms with Crippen molar-refractivity contribution in [3.63, 3.8) is 0 Å². The van der Waals surface area contributed by atoms with Crippen molar-refractivity contribution >= 4 is 6.09 Å². The number of ether oxygens (including phenoxy) is 1. The molecule has 2 aliphatic heterocycles. The van der Waals surface area contributed by atoms with E-state index in [4.69, 9.17) is 4.74 Å². The van der Waals surface area contributed by atoms with Gasteiger partial charge in [0.05, 0.1) is 5.54 Å². The van der Waals surface area contributed by atoms with Crippen LogP contribution in [0.5, 0.6) is 0 Å². The monoisotopic (exact) mass is 289 g/mol. The lowest BCUT2D eigenvalue weighted by Gasteiger charge is -2.44. The van der Waals surface area contributed by atoms with E-state index in [0.717, 1.165) is 50.4 Å². The first-order valence-corrected chi connectivity index (χ1v) is 7.72. The Morgan fingerprint density at radius 1 is 1.38 bits per heavy atom. The molecule has 2 aliphatic rings. The van der Waals surface area contributed by atoms with Crippen LogP contribution in [0.25, 0.3) is 0 Å². The van der Waals surface area contributed by atoms with E-state index >= 15 is 0 Å². The van der Waals surface area contributed by atoms with Gasteiger partial charge < -0.3 is 4.74 Å². The minimum atomic E-state index is -0.142. The van der Waals surface area contributed by atoms with Crippen LogP contribution in [0.1, 0.15) is 24.7 Å². The molecule has 21 heavy (non-hydrogen) atoms. The van der Waals surface area contributed by atoms with Gasteiger partial charge in [-0.3, -0.25) is 14.8 Å². The maximum absolute atomic E-state index is 11.8. The summed E-state index contributed by atoms with van der Waals surface area (Å²) in [5, 5.41) is 0. The number of hydrogen-bond donors (Lipinski definition) is 0. The minimum absolute atomic E-state index is 0.116. The molecule has 0 radical (unpaired) electrons. The fourth-order valence-electron chi connectivity index (χ4n) is 3.35. The molecule has 1 aromatic rings. The highest BCUT2D eigenvalue weighted by Crippen LogP contribution is 2.31. The molecule has 0 aliphatic carbocycles. The maximum atomic E-state index is 11.8. The fourth-order valence-corrected chi connectivity index (χ4v) is 3.35. The maximum Gasteiger partial charge on any atom is 0.410 e. The average Bonchev–Trinajstić information content (AvgIpc) is 2.83. The molecule has 3 rings (SSSR count). The van der Waals surface area contributed by atoms with Gasteiger partial charge in [-0.15, -0.1) is 0 Å². The Labute approximate surface area is 125 Å². The Bertz CT molecular complexity index is 534. The van der Waals surface area contributed by atoms with Gasteiger partial charge in [-0.2, -0.15) is 0 Å². The average molecular weight is 289 g/mol. The highest BCUT2D eigenvalue weighted by atomic mass is 16.6. The topological polar surface area (TPSA) is 45.7 Å². The number of pyridine rings is 1. The molecule has 2 fully saturated rings. The van der Waals surface area contributed by atoms with Crippen LogP contribution in [0.3, 0.4) is 0 Å². The summed E-state index contributed by atoms with van der Waals surface area (Å²) in [4.78, 5) is 20.7. The predicted octanol–water partition coefficient (Wildman–Crippen LogP) is 1.85. The third-order valence-corrected chi connectivity index (χ3v) is 4.70. The first-order chi connectivity index (χ1) is 10.1. The van der Waals surface area contributed by atoms with Gasteiger partial charge in [-0.25, -0.2) is 4.79 Å². The third kappa shape index (κ3) is 2.75. The molecule has 0 bridgehead atoms. The van der Waals surface area contributed by atoms with Crippen molar-refractivity contribution in [2.45, 2.75) is 32.2 Å². The van der Waals surface area contributed by atoms with Crippen molar-refractivity contribution in [1.82, 2.24) is 14.8 Å². The molecule has 2 saturated heterocycles. The number of rotatable bonds is 4. The van der Waals surface area contributed by atoms with Gasteiger partial charge >= 0.3 is 6.09 Å². The molecule has 114 valence electrons. The van der Waals surface area contributed by atoms with Crippen molar-refractivity contribution in [2.75, 3.05) is 32.8 Å². The predicted molar refractivity (Wildman–Crippen MR) is 80.2 cm³/mol. The Morgan fingerprint density at radius 3 is 3.00 bits per heavy atom. The molecule has 1 atom stereocenters. The van der Waals surface area contributed by atoms with E-state index < -0.39 is 0 Å². The van der Waals surface area contributed by atoms with Gasteiger partial charge in [0.15, 0.2) is 0 Å². The molecule has 1 unspecified atom stereocenters. The smallest absolute Gasteiger partial charge is 0.410 e. The van der Waals surface area contributed by atoms with Gasteiger partial charge in [0, 0.05) is 44.0 Å². The molecule has 5 nitrogen and oxygen atoms in total. The van der Waals surface area contributed by atoms with Crippen LogP contribution in [0.15, 0.2) is 18.2 Å². The van der Waals surface area contributed by atoms with E-state index in [0.29, 0.717) is 6.61 Å². The lowest BCUT2D eigenvalue weighted by atomic mass is 9.93. The van der Waals surface area contributed by atoms with Gasteiger partial charge in [0.25, 0.3) is 0 Å². The molecule has 3 heterocycles. The second-order valence-corrected chi connectivity index (χ2v) is 6.08. The van der Waals surface area contributed by atoms with Crippen LogP contribution in [0.2, 0.25) is 0 Å². The second-order valence-electron chi connectivity index (χ2n) is 6.08. The second kappa shape index (κ2) is 5.64. The molecular formula is C16H23N3O2. The van der Waals surface area contributed by atoms with Crippen LogP contribution < -0.4 is 0 Å². The summed E-state index contributed by atoms with van der Waals surface area (Å²) in [6.45, 7) is 8.27. The molecular weight excluding hydrogens is 266 g/mol. The molecule has 0 aromatic carbocycles. The quantitative estimate of drug-likeness (QED) is 0.848. The van der Waals surface area contributed by atoms with Crippen molar-refractivity contribution in [1.29, 1.82) is 0 Å². The van der Waals surface area contributed by atoms with Gasteiger partial charge in [-0.1, -0.05) is 13.0 Å². The molecule has 5 heteroatoms. The number of cyclic esters (lactones) is 1. The lowest BCUT2D eigenvalue weighted by Crippen LogP contribution is -2.61. The Morgan fingerprint density at radius 2 is 2.24 bits per heavy atom. The summed E-state index contributed by atoms with van der Waals surface area (Å²) < 4.78 is 5.27. The number of carbonyl (C=O) groups excluding carboxylic acids is 1. The Hall–Kier alpha value is -1.62.